The second-order valence-electron chi connectivity index (χ2n) is 4.66. The zero-order chi connectivity index (χ0) is 14.3. The van der Waals surface area contributed by atoms with Crippen LogP contribution in [0.4, 0.5) is 0 Å². The molecule has 0 aliphatic carbocycles. The number of aliphatic hydroxyl groups excluding tert-OH is 1. The maximum atomic E-state index is 10.4. The van der Waals surface area contributed by atoms with Gasteiger partial charge in [-0.3, -0.25) is 4.90 Å². The van der Waals surface area contributed by atoms with Crippen molar-refractivity contribution < 1.29 is 15.0 Å². The number of nitrogens with zero attached hydrogens (tertiary/aromatic N) is 1. The average Bonchev–Trinajstić information content (AvgIpc) is 2.79. The summed E-state index contributed by atoms with van der Waals surface area (Å²) in [5.41, 5.74) is 0.924. The quantitative estimate of drug-likeness (QED) is 0.719. The number of rotatable bonds is 8. The Morgan fingerprint density at radius 1 is 1.53 bits per heavy atom. The van der Waals surface area contributed by atoms with Crippen LogP contribution in [-0.4, -0.2) is 40.3 Å². The van der Waals surface area contributed by atoms with Gasteiger partial charge in [0.1, 0.15) is 0 Å². The van der Waals surface area contributed by atoms with Gasteiger partial charge in [-0.05, 0) is 43.4 Å². The molecule has 0 aromatic carbocycles. The predicted octanol–water partition coefficient (Wildman–Crippen LogP) is 2.44. The maximum Gasteiger partial charge on any atom is 0.328 e. The highest BCUT2D eigenvalue weighted by Crippen LogP contribution is 2.19. The number of hydrogen-bond donors (Lipinski definition) is 2. The largest absolute Gasteiger partial charge is 0.478 e. The number of carboxylic acid groups (broad SMARTS) is 1. The highest BCUT2D eigenvalue weighted by molar-refractivity contribution is 7.10. The van der Waals surface area contributed by atoms with Crippen molar-refractivity contribution in [2.45, 2.75) is 32.9 Å². The Morgan fingerprint density at radius 3 is 2.84 bits per heavy atom. The molecule has 4 nitrogen and oxygen atoms in total. The lowest BCUT2D eigenvalue weighted by molar-refractivity contribution is -0.131. The first-order valence-corrected chi connectivity index (χ1v) is 7.24. The van der Waals surface area contributed by atoms with Gasteiger partial charge in [0, 0.05) is 36.7 Å². The van der Waals surface area contributed by atoms with Gasteiger partial charge in [-0.2, -0.15) is 0 Å². The highest BCUT2D eigenvalue weighted by atomic mass is 32.1. The standard InChI is InChI=1S/C14H21NO3S/c1-11(2)15(6-3-7-16)9-13-8-12(10-19-13)4-5-14(17)18/h4-5,8,10-11,16H,3,6-7,9H2,1-2H3,(H,17,18). The van der Waals surface area contributed by atoms with Gasteiger partial charge in [0.05, 0.1) is 0 Å². The van der Waals surface area contributed by atoms with E-state index in [2.05, 4.69) is 18.7 Å². The fraction of sp³-hybridized carbons (Fsp3) is 0.500. The summed E-state index contributed by atoms with van der Waals surface area (Å²) >= 11 is 1.63. The molecule has 0 amide bonds. The van der Waals surface area contributed by atoms with Gasteiger partial charge in [0.15, 0.2) is 0 Å². The lowest BCUT2D eigenvalue weighted by atomic mass is 10.2. The van der Waals surface area contributed by atoms with Gasteiger partial charge in [0.2, 0.25) is 0 Å². The number of thiophene rings is 1. The Balaban J connectivity index is 2.62. The van der Waals surface area contributed by atoms with E-state index >= 15 is 0 Å². The first-order valence-electron chi connectivity index (χ1n) is 6.36. The minimum absolute atomic E-state index is 0.209. The molecule has 0 spiro atoms. The third kappa shape index (κ3) is 6.00. The number of carbonyl (C=O) groups is 1. The predicted molar refractivity (Wildman–Crippen MR) is 78.2 cm³/mol. The molecule has 1 heterocycles. The third-order valence-corrected chi connectivity index (χ3v) is 3.72. The molecule has 0 atom stereocenters. The smallest absolute Gasteiger partial charge is 0.328 e. The van der Waals surface area contributed by atoms with E-state index in [0.29, 0.717) is 6.04 Å². The van der Waals surface area contributed by atoms with Crippen LogP contribution in [0, 0.1) is 0 Å². The van der Waals surface area contributed by atoms with E-state index in [1.165, 1.54) is 4.88 Å². The summed E-state index contributed by atoms with van der Waals surface area (Å²) in [6.07, 6.45) is 3.53. The zero-order valence-electron chi connectivity index (χ0n) is 11.4. The van der Waals surface area contributed by atoms with Crippen LogP contribution in [0.15, 0.2) is 17.5 Å². The molecular weight excluding hydrogens is 262 g/mol. The summed E-state index contributed by atoms with van der Waals surface area (Å²) in [5.74, 6) is -0.931. The molecule has 1 aromatic heterocycles. The Kier molecular flexibility index (Phi) is 6.77. The van der Waals surface area contributed by atoms with E-state index in [1.807, 2.05) is 11.4 Å². The SMILES string of the molecule is CC(C)N(CCCO)Cc1cc(C=CC(=O)O)cs1. The van der Waals surface area contributed by atoms with Crippen molar-refractivity contribution in [3.63, 3.8) is 0 Å². The highest BCUT2D eigenvalue weighted by Gasteiger charge is 2.10. The second kappa shape index (κ2) is 8.09. The molecule has 0 aliphatic rings. The molecule has 5 heteroatoms. The van der Waals surface area contributed by atoms with Crippen LogP contribution in [-0.2, 0) is 11.3 Å². The summed E-state index contributed by atoms with van der Waals surface area (Å²) in [4.78, 5) is 14.0. The Labute approximate surface area is 118 Å². The molecule has 0 fully saturated rings. The summed E-state index contributed by atoms with van der Waals surface area (Å²) < 4.78 is 0. The third-order valence-electron chi connectivity index (χ3n) is 2.79. The minimum Gasteiger partial charge on any atom is -0.478 e. The Hall–Kier alpha value is -1.17. The maximum absolute atomic E-state index is 10.4. The molecule has 0 bridgehead atoms. The van der Waals surface area contributed by atoms with Crippen LogP contribution in [0.25, 0.3) is 6.08 Å². The average molecular weight is 283 g/mol. The van der Waals surface area contributed by atoms with Crippen LogP contribution >= 0.6 is 11.3 Å². The number of aliphatic carboxylic acids is 1. The Morgan fingerprint density at radius 2 is 2.26 bits per heavy atom. The van der Waals surface area contributed by atoms with Crippen molar-refractivity contribution in [3.8, 4) is 0 Å². The van der Waals surface area contributed by atoms with Crippen molar-refractivity contribution in [1.82, 2.24) is 4.90 Å². The topological polar surface area (TPSA) is 60.8 Å². The van der Waals surface area contributed by atoms with Crippen molar-refractivity contribution in [1.29, 1.82) is 0 Å². The van der Waals surface area contributed by atoms with E-state index in [1.54, 1.807) is 17.4 Å². The van der Waals surface area contributed by atoms with Gasteiger partial charge in [-0.25, -0.2) is 4.79 Å². The first-order chi connectivity index (χ1) is 9.02. The lowest BCUT2D eigenvalue weighted by Gasteiger charge is -2.25. The lowest BCUT2D eigenvalue weighted by Crippen LogP contribution is -2.31. The molecule has 0 unspecified atom stereocenters. The van der Waals surface area contributed by atoms with Crippen LogP contribution < -0.4 is 0 Å². The molecule has 1 rings (SSSR count). The molecular formula is C14H21NO3S. The fourth-order valence-electron chi connectivity index (χ4n) is 1.73. The van der Waals surface area contributed by atoms with Gasteiger partial charge in [-0.1, -0.05) is 0 Å². The van der Waals surface area contributed by atoms with E-state index in [-0.39, 0.29) is 6.61 Å². The summed E-state index contributed by atoms with van der Waals surface area (Å²) in [5, 5.41) is 19.4. The van der Waals surface area contributed by atoms with Gasteiger partial charge in [0.25, 0.3) is 0 Å². The first kappa shape index (κ1) is 15.9. The second-order valence-corrected chi connectivity index (χ2v) is 5.66. The Bertz CT molecular complexity index is 426. The van der Waals surface area contributed by atoms with Crippen LogP contribution in [0.3, 0.4) is 0 Å². The molecule has 0 saturated carbocycles. The van der Waals surface area contributed by atoms with Crippen molar-refractivity contribution in [2.75, 3.05) is 13.2 Å². The molecule has 0 saturated heterocycles. The number of carboxylic acids is 1. The van der Waals surface area contributed by atoms with Gasteiger partial charge >= 0.3 is 5.97 Å². The van der Waals surface area contributed by atoms with E-state index < -0.39 is 5.97 Å². The monoisotopic (exact) mass is 283 g/mol. The van der Waals surface area contributed by atoms with E-state index in [4.69, 9.17) is 10.2 Å². The molecule has 1 aromatic rings. The molecule has 2 N–H and O–H groups in total. The van der Waals surface area contributed by atoms with Crippen molar-refractivity contribution in [2.24, 2.45) is 0 Å². The van der Waals surface area contributed by atoms with Crippen molar-refractivity contribution in [3.05, 3.63) is 28.0 Å². The van der Waals surface area contributed by atoms with Crippen LogP contribution in [0.1, 0.15) is 30.7 Å². The molecule has 0 radical (unpaired) electrons. The van der Waals surface area contributed by atoms with E-state index in [0.717, 1.165) is 31.1 Å². The van der Waals surface area contributed by atoms with E-state index in [9.17, 15) is 4.79 Å². The minimum atomic E-state index is -0.931. The summed E-state index contributed by atoms with van der Waals surface area (Å²) in [6, 6.07) is 2.44. The molecule has 0 aliphatic heterocycles. The number of hydrogen-bond acceptors (Lipinski definition) is 4. The van der Waals surface area contributed by atoms with Gasteiger partial charge in [-0.15, -0.1) is 11.3 Å². The molecule has 19 heavy (non-hydrogen) atoms. The normalized spacial score (nSPS) is 11.8. The summed E-state index contributed by atoms with van der Waals surface area (Å²) in [7, 11) is 0. The fourth-order valence-corrected chi connectivity index (χ4v) is 2.61. The van der Waals surface area contributed by atoms with Gasteiger partial charge < -0.3 is 10.2 Å². The summed E-state index contributed by atoms with van der Waals surface area (Å²) in [6.45, 7) is 6.18. The molecule has 106 valence electrons. The number of aliphatic hydroxyl groups is 1. The van der Waals surface area contributed by atoms with Crippen LogP contribution in [0.2, 0.25) is 0 Å². The van der Waals surface area contributed by atoms with Crippen molar-refractivity contribution >= 4 is 23.4 Å². The van der Waals surface area contributed by atoms with Crippen LogP contribution in [0.5, 0.6) is 0 Å². The zero-order valence-corrected chi connectivity index (χ0v) is 12.2.